The van der Waals surface area contributed by atoms with Gasteiger partial charge in [-0.15, -0.1) is 0 Å². The minimum Gasteiger partial charge on any atom is -0.275 e. The molecular formula is C18H14N6. The van der Waals surface area contributed by atoms with Crippen molar-refractivity contribution in [2.24, 2.45) is 7.05 Å². The van der Waals surface area contributed by atoms with Gasteiger partial charge in [-0.3, -0.25) is 9.67 Å². The van der Waals surface area contributed by atoms with Gasteiger partial charge in [-0.2, -0.15) is 10.2 Å². The molecule has 5 rings (SSSR count). The van der Waals surface area contributed by atoms with E-state index in [1.165, 1.54) is 11.1 Å². The van der Waals surface area contributed by atoms with Gasteiger partial charge in [0, 0.05) is 48.7 Å². The van der Waals surface area contributed by atoms with Crippen LogP contribution in [-0.2, 0) is 13.5 Å². The summed E-state index contributed by atoms with van der Waals surface area (Å²) in [5.74, 6) is 0. The molecule has 0 aliphatic heterocycles. The maximum absolute atomic E-state index is 4.65. The number of aryl methyl sites for hydroxylation is 1. The lowest BCUT2D eigenvalue weighted by molar-refractivity contribution is 0.768. The zero-order chi connectivity index (χ0) is 16.1. The lowest BCUT2D eigenvalue weighted by Crippen LogP contribution is -1.94. The van der Waals surface area contributed by atoms with E-state index in [2.05, 4.69) is 44.4 Å². The molecule has 0 spiro atoms. The molecule has 4 aromatic heterocycles. The molecule has 4 heterocycles. The maximum atomic E-state index is 4.65. The van der Waals surface area contributed by atoms with Crippen LogP contribution >= 0.6 is 0 Å². The molecule has 4 aromatic rings. The molecule has 24 heavy (non-hydrogen) atoms. The molecular weight excluding hydrogens is 300 g/mol. The Balaban J connectivity index is 1.61. The third-order valence-electron chi connectivity index (χ3n) is 4.39. The molecule has 0 radical (unpaired) electrons. The van der Waals surface area contributed by atoms with Crippen LogP contribution in [0, 0.1) is 0 Å². The summed E-state index contributed by atoms with van der Waals surface area (Å²) in [4.78, 5) is 8.92. The van der Waals surface area contributed by atoms with Gasteiger partial charge in [0.05, 0.1) is 11.9 Å². The summed E-state index contributed by atoms with van der Waals surface area (Å²) >= 11 is 0. The fourth-order valence-electron chi connectivity index (χ4n) is 3.18. The SMILES string of the molecule is Cn1cc(-c2cnc3c(c2)C(c2ccn4ncnc4c2)=CC3)cn1. The molecule has 0 bridgehead atoms. The summed E-state index contributed by atoms with van der Waals surface area (Å²) in [5, 5.41) is 8.40. The molecule has 0 saturated heterocycles. The van der Waals surface area contributed by atoms with Crippen molar-refractivity contribution >= 4 is 11.2 Å². The van der Waals surface area contributed by atoms with Crippen LogP contribution in [-0.4, -0.2) is 29.4 Å². The number of fused-ring (bicyclic) bond motifs is 2. The Bertz CT molecular complexity index is 1100. The highest BCUT2D eigenvalue weighted by Crippen LogP contribution is 2.34. The second-order valence-electron chi connectivity index (χ2n) is 5.92. The number of aromatic nitrogens is 6. The van der Waals surface area contributed by atoms with Crippen LogP contribution in [0.1, 0.15) is 16.8 Å². The van der Waals surface area contributed by atoms with Crippen LogP contribution in [0.25, 0.3) is 22.3 Å². The minimum absolute atomic E-state index is 0.846. The van der Waals surface area contributed by atoms with E-state index in [4.69, 9.17) is 0 Å². The average molecular weight is 314 g/mol. The fraction of sp³-hybridized carbons (Fsp3) is 0.111. The zero-order valence-corrected chi connectivity index (χ0v) is 13.1. The van der Waals surface area contributed by atoms with E-state index in [0.29, 0.717) is 0 Å². The summed E-state index contributed by atoms with van der Waals surface area (Å²) in [6.07, 6.45) is 12.4. The number of hydrogen-bond donors (Lipinski definition) is 0. The van der Waals surface area contributed by atoms with Gasteiger partial charge >= 0.3 is 0 Å². The van der Waals surface area contributed by atoms with Gasteiger partial charge in [-0.1, -0.05) is 6.08 Å². The highest BCUT2D eigenvalue weighted by Gasteiger charge is 2.18. The first-order valence-electron chi connectivity index (χ1n) is 7.76. The second-order valence-corrected chi connectivity index (χ2v) is 5.92. The molecule has 1 aliphatic carbocycles. The van der Waals surface area contributed by atoms with Crippen molar-refractivity contribution in [3.8, 4) is 11.1 Å². The van der Waals surface area contributed by atoms with Crippen LogP contribution in [0.2, 0.25) is 0 Å². The monoisotopic (exact) mass is 314 g/mol. The van der Waals surface area contributed by atoms with E-state index in [1.54, 1.807) is 15.5 Å². The van der Waals surface area contributed by atoms with Gasteiger partial charge in [-0.05, 0) is 29.3 Å². The topological polar surface area (TPSA) is 60.9 Å². The van der Waals surface area contributed by atoms with E-state index in [9.17, 15) is 0 Å². The molecule has 0 saturated carbocycles. The lowest BCUT2D eigenvalue weighted by atomic mass is 9.99. The van der Waals surface area contributed by atoms with Crippen molar-refractivity contribution in [3.63, 3.8) is 0 Å². The van der Waals surface area contributed by atoms with Crippen molar-refractivity contribution in [2.45, 2.75) is 6.42 Å². The first-order valence-corrected chi connectivity index (χ1v) is 7.76. The van der Waals surface area contributed by atoms with Gasteiger partial charge in [0.15, 0.2) is 5.65 Å². The number of allylic oxidation sites excluding steroid dienone is 1. The average Bonchev–Trinajstić information content (AvgIpc) is 3.32. The molecule has 6 heteroatoms. The quantitative estimate of drug-likeness (QED) is 0.570. The number of nitrogens with zero attached hydrogens (tertiary/aromatic N) is 6. The van der Waals surface area contributed by atoms with E-state index in [-0.39, 0.29) is 0 Å². The highest BCUT2D eigenvalue weighted by atomic mass is 15.3. The molecule has 6 nitrogen and oxygen atoms in total. The van der Waals surface area contributed by atoms with Gasteiger partial charge in [-0.25, -0.2) is 9.50 Å². The van der Waals surface area contributed by atoms with Gasteiger partial charge in [0.1, 0.15) is 6.33 Å². The van der Waals surface area contributed by atoms with E-state index in [1.807, 2.05) is 31.8 Å². The van der Waals surface area contributed by atoms with E-state index < -0.39 is 0 Å². The van der Waals surface area contributed by atoms with Crippen LogP contribution in [0.4, 0.5) is 0 Å². The third-order valence-corrected chi connectivity index (χ3v) is 4.39. The first-order chi connectivity index (χ1) is 11.8. The first kappa shape index (κ1) is 13.2. The van der Waals surface area contributed by atoms with Crippen LogP contribution in [0.3, 0.4) is 0 Å². The fourth-order valence-corrected chi connectivity index (χ4v) is 3.18. The van der Waals surface area contributed by atoms with Crippen molar-refractivity contribution in [1.29, 1.82) is 0 Å². The Morgan fingerprint density at radius 3 is 2.83 bits per heavy atom. The van der Waals surface area contributed by atoms with Crippen molar-refractivity contribution < 1.29 is 0 Å². The van der Waals surface area contributed by atoms with E-state index >= 15 is 0 Å². The molecule has 1 aliphatic rings. The summed E-state index contributed by atoms with van der Waals surface area (Å²) < 4.78 is 3.57. The predicted octanol–water partition coefficient (Wildman–Crippen LogP) is 2.51. The van der Waals surface area contributed by atoms with Crippen molar-refractivity contribution in [2.75, 3.05) is 0 Å². The number of rotatable bonds is 2. The highest BCUT2D eigenvalue weighted by molar-refractivity contribution is 5.86. The van der Waals surface area contributed by atoms with Crippen LogP contribution < -0.4 is 0 Å². The zero-order valence-electron chi connectivity index (χ0n) is 13.1. The maximum Gasteiger partial charge on any atom is 0.155 e. The smallest absolute Gasteiger partial charge is 0.155 e. The summed E-state index contributed by atoms with van der Waals surface area (Å²) in [5.41, 5.74) is 7.63. The van der Waals surface area contributed by atoms with Gasteiger partial charge in [0.2, 0.25) is 0 Å². The molecule has 0 aromatic carbocycles. The number of hydrogen-bond acceptors (Lipinski definition) is 4. The summed E-state index contributed by atoms with van der Waals surface area (Å²) in [6.45, 7) is 0. The second kappa shape index (κ2) is 4.86. The number of pyridine rings is 2. The lowest BCUT2D eigenvalue weighted by Gasteiger charge is -2.08. The standard InChI is InChI=1S/C18H14N6/c1-23-10-14(9-21-23)13-6-16-15(2-3-17(16)19-8-13)12-4-5-24-18(7-12)20-11-22-24/h2,4-11H,3H2,1H3. The predicted molar refractivity (Wildman–Crippen MR) is 90.2 cm³/mol. The normalized spacial score (nSPS) is 13.3. The molecule has 0 N–H and O–H groups in total. The Labute approximate surface area is 138 Å². The Kier molecular flexibility index (Phi) is 2.67. The van der Waals surface area contributed by atoms with Gasteiger partial charge < -0.3 is 0 Å². The third kappa shape index (κ3) is 1.96. The summed E-state index contributed by atoms with van der Waals surface area (Å²) in [7, 11) is 1.92. The Morgan fingerprint density at radius 1 is 1.00 bits per heavy atom. The molecule has 0 fully saturated rings. The van der Waals surface area contributed by atoms with Gasteiger partial charge in [0.25, 0.3) is 0 Å². The Morgan fingerprint density at radius 2 is 1.96 bits per heavy atom. The Hall–Kier alpha value is -3.28. The van der Waals surface area contributed by atoms with E-state index in [0.717, 1.165) is 34.5 Å². The van der Waals surface area contributed by atoms with Crippen molar-refractivity contribution in [1.82, 2.24) is 29.4 Å². The largest absolute Gasteiger partial charge is 0.275 e. The summed E-state index contributed by atoms with van der Waals surface area (Å²) in [6, 6.07) is 6.33. The molecule has 0 atom stereocenters. The van der Waals surface area contributed by atoms with Crippen LogP contribution in [0.5, 0.6) is 0 Å². The van der Waals surface area contributed by atoms with Crippen LogP contribution in [0.15, 0.2) is 55.4 Å². The minimum atomic E-state index is 0.846. The van der Waals surface area contributed by atoms with Crippen molar-refractivity contribution in [3.05, 3.63) is 72.2 Å². The molecule has 0 amide bonds. The molecule has 116 valence electrons. The molecule has 0 unspecified atom stereocenters.